The molecule has 1 fully saturated rings. The summed E-state index contributed by atoms with van der Waals surface area (Å²) in [6.07, 6.45) is 1.20. The Bertz CT molecular complexity index is 416. The van der Waals surface area contributed by atoms with Gasteiger partial charge in [0.15, 0.2) is 0 Å². The van der Waals surface area contributed by atoms with Gasteiger partial charge in [0.05, 0.1) is 6.42 Å². The summed E-state index contributed by atoms with van der Waals surface area (Å²) in [6, 6.07) is 5.30. The van der Waals surface area contributed by atoms with Gasteiger partial charge in [0.25, 0.3) is 0 Å². The first-order valence-corrected chi connectivity index (χ1v) is 6.28. The van der Waals surface area contributed by atoms with Crippen molar-refractivity contribution < 1.29 is 4.79 Å². The average molecular weight is 273 g/mol. The van der Waals surface area contributed by atoms with Crippen molar-refractivity contribution in [3.05, 3.63) is 33.8 Å². The number of nitrogens with two attached hydrogens (primary N) is 1. The molecule has 0 saturated carbocycles. The third kappa shape index (κ3) is 3.35. The molecule has 1 saturated heterocycles. The van der Waals surface area contributed by atoms with Gasteiger partial charge >= 0.3 is 0 Å². The Morgan fingerprint density at radius 3 is 2.53 bits per heavy atom. The molecular formula is C12H14Cl2N2O. The van der Waals surface area contributed by atoms with Gasteiger partial charge in [-0.25, -0.2) is 0 Å². The van der Waals surface area contributed by atoms with E-state index in [4.69, 9.17) is 28.9 Å². The van der Waals surface area contributed by atoms with Crippen molar-refractivity contribution in [1.82, 2.24) is 4.90 Å². The fourth-order valence-corrected chi connectivity index (χ4v) is 2.58. The van der Waals surface area contributed by atoms with Crippen molar-refractivity contribution >= 4 is 29.1 Å². The zero-order valence-electron chi connectivity index (χ0n) is 9.33. The summed E-state index contributed by atoms with van der Waals surface area (Å²) < 4.78 is 0. The van der Waals surface area contributed by atoms with E-state index < -0.39 is 0 Å². The molecule has 0 aromatic heterocycles. The lowest BCUT2D eigenvalue weighted by molar-refractivity contribution is -0.129. The molecule has 1 aliphatic heterocycles. The van der Waals surface area contributed by atoms with Crippen molar-refractivity contribution in [2.24, 2.45) is 5.73 Å². The van der Waals surface area contributed by atoms with E-state index in [0.29, 0.717) is 23.0 Å². The highest BCUT2D eigenvalue weighted by atomic mass is 35.5. The molecule has 0 spiro atoms. The van der Waals surface area contributed by atoms with Crippen LogP contribution in [0.5, 0.6) is 0 Å². The number of halogens is 2. The van der Waals surface area contributed by atoms with E-state index in [9.17, 15) is 4.79 Å². The second-order valence-electron chi connectivity index (χ2n) is 4.34. The molecule has 17 heavy (non-hydrogen) atoms. The number of rotatable bonds is 2. The van der Waals surface area contributed by atoms with Crippen LogP contribution < -0.4 is 5.73 Å². The fraction of sp³-hybridized carbons (Fsp3) is 0.417. The van der Waals surface area contributed by atoms with E-state index in [1.165, 1.54) is 0 Å². The maximum atomic E-state index is 12.0. The molecule has 1 aromatic carbocycles. The van der Waals surface area contributed by atoms with Crippen LogP contribution in [0.2, 0.25) is 10.0 Å². The molecule has 0 bridgehead atoms. The minimum atomic E-state index is 0.0799. The molecule has 1 unspecified atom stereocenters. The Balaban J connectivity index is 2.03. The molecule has 1 aliphatic rings. The maximum absolute atomic E-state index is 12.0. The zero-order chi connectivity index (χ0) is 12.4. The number of likely N-dealkylation sites (tertiary alicyclic amines) is 1. The number of carbonyl (C=O) groups excluding carboxylic acids is 1. The van der Waals surface area contributed by atoms with Crippen LogP contribution in [-0.2, 0) is 11.2 Å². The average Bonchev–Trinajstić information content (AvgIpc) is 2.63. The third-order valence-corrected chi connectivity index (χ3v) is 3.29. The molecule has 1 aromatic rings. The van der Waals surface area contributed by atoms with Gasteiger partial charge in [-0.15, -0.1) is 0 Å². The molecule has 5 heteroatoms. The summed E-state index contributed by atoms with van der Waals surface area (Å²) in [5, 5.41) is 1.11. The highest BCUT2D eigenvalue weighted by molar-refractivity contribution is 6.34. The Morgan fingerprint density at radius 1 is 1.35 bits per heavy atom. The van der Waals surface area contributed by atoms with E-state index >= 15 is 0 Å². The SMILES string of the molecule is NC1CCN(C(=O)Cc2cc(Cl)cc(Cl)c2)C1. The van der Waals surface area contributed by atoms with Crippen LogP contribution in [0.4, 0.5) is 0 Å². The predicted octanol–water partition coefficient (Wildman–Crippen LogP) is 2.10. The molecule has 1 heterocycles. The smallest absolute Gasteiger partial charge is 0.227 e. The third-order valence-electron chi connectivity index (χ3n) is 2.86. The van der Waals surface area contributed by atoms with Gasteiger partial charge in [-0.05, 0) is 30.2 Å². The van der Waals surface area contributed by atoms with E-state index in [0.717, 1.165) is 18.5 Å². The lowest BCUT2D eigenvalue weighted by Crippen LogP contribution is -2.32. The van der Waals surface area contributed by atoms with Crippen LogP contribution in [0.25, 0.3) is 0 Å². The maximum Gasteiger partial charge on any atom is 0.227 e. The molecule has 1 atom stereocenters. The molecule has 2 N–H and O–H groups in total. The first-order chi connectivity index (χ1) is 8.04. The number of nitrogens with zero attached hydrogens (tertiary/aromatic N) is 1. The summed E-state index contributed by atoms with van der Waals surface area (Å²) >= 11 is 11.8. The van der Waals surface area contributed by atoms with Crippen molar-refractivity contribution in [3.8, 4) is 0 Å². The largest absolute Gasteiger partial charge is 0.341 e. The van der Waals surface area contributed by atoms with Crippen LogP contribution in [-0.4, -0.2) is 29.9 Å². The van der Waals surface area contributed by atoms with Gasteiger partial charge in [0.1, 0.15) is 0 Å². The van der Waals surface area contributed by atoms with Crippen LogP contribution in [0, 0.1) is 0 Å². The van der Waals surface area contributed by atoms with Crippen LogP contribution >= 0.6 is 23.2 Å². The first kappa shape index (κ1) is 12.7. The number of carbonyl (C=O) groups is 1. The number of amides is 1. The van der Waals surface area contributed by atoms with Gasteiger partial charge in [-0.2, -0.15) is 0 Å². The Morgan fingerprint density at radius 2 is 2.00 bits per heavy atom. The van der Waals surface area contributed by atoms with Gasteiger partial charge in [-0.1, -0.05) is 23.2 Å². The van der Waals surface area contributed by atoms with Crippen molar-refractivity contribution in [2.45, 2.75) is 18.9 Å². The van der Waals surface area contributed by atoms with E-state index in [2.05, 4.69) is 0 Å². The summed E-state index contributed by atoms with van der Waals surface area (Å²) in [4.78, 5) is 13.8. The zero-order valence-corrected chi connectivity index (χ0v) is 10.8. The highest BCUT2D eigenvalue weighted by Crippen LogP contribution is 2.20. The minimum Gasteiger partial charge on any atom is -0.341 e. The van der Waals surface area contributed by atoms with Crippen molar-refractivity contribution in [3.63, 3.8) is 0 Å². The number of hydrogen-bond acceptors (Lipinski definition) is 2. The van der Waals surface area contributed by atoms with Crippen molar-refractivity contribution in [2.75, 3.05) is 13.1 Å². The molecule has 92 valence electrons. The van der Waals surface area contributed by atoms with Gasteiger partial charge in [0.2, 0.25) is 5.91 Å². The Kier molecular flexibility index (Phi) is 3.92. The first-order valence-electron chi connectivity index (χ1n) is 5.53. The van der Waals surface area contributed by atoms with Gasteiger partial charge in [0, 0.05) is 29.2 Å². The molecule has 2 rings (SSSR count). The van der Waals surface area contributed by atoms with Crippen LogP contribution in [0.1, 0.15) is 12.0 Å². The number of hydrogen-bond donors (Lipinski definition) is 1. The van der Waals surface area contributed by atoms with Crippen molar-refractivity contribution in [1.29, 1.82) is 0 Å². The Labute approximate surface area is 110 Å². The van der Waals surface area contributed by atoms with Gasteiger partial charge < -0.3 is 10.6 Å². The summed E-state index contributed by atoms with van der Waals surface area (Å²) in [7, 11) is 0. The number of benzene rings is 1. The predicted molar refractivity (Wildman–Crippen MR) is 69.3 cm³/mol. The van der Waals surface area contributed by atoms with E-state index in [-0.39, 0.29) is 11.9 Å². The molecule has 3 nitrogen and oxygen atoms in total. The molecule has 0 aliphatic carbocycles. The second-order valence-corrected chi connectivity index (χ2v) is 5.22. The normalized spacial score (nSPS) is 19.7. The van der Waals surface area contributed by atoms with Gasteiger partial charge in [-0.3, -0.25) is 4.79 Å². The standard InChI is InChI=1S/C12H14Cl2N2O/c13-9-3-8(4-10(14)6-9)5-12(17)16-2-1-11(15)7-16/h3-4,6,11H,1-2,5,7,15H2. The monoisotopic (exact) mass is 272 g/mol. The lowest BCUT2D eigenvalue weighted by atomic mass is 10.1. The van der Waals surface area contributed by atoms with Crippen LogP contribution in [0.3, 0.4) is 0 Å². The summed E-state index contributed by atoms with van der Waals surface area (Å²) in [5.41, 5.74) is 6.61. The molecule has 0 radical (unpaired) electrons. The molecular weight excluding hydrogens is 259 g/mol. The van der Waals surface area contributed by atoms with E-state index in [1.54, 1.807) is 23.1 Å². The molecule has 1 amide bonds. The summed E-state index contributed by atoms with van der Waals surface area (Å²) in [6.45, 7) is 1.39. The fourth-order valence-electron chi connectivity index (χ4n) is 2.01. The van der Waals surface area contributed by atoms with E-state index in [1.807, 2.05) is 0 Å². The summed E-state index contributed by atoms with van der Waals surface area (Å²) in [5.74, 6) is 0.0799. The topological polar surface area (TPSA) is 46.3 Å². The van der Waals surface area contributed by atoms with Crippen LogP contribution in [0.15, 0.2) is 18.2 Å². The quantitative estimate of drug-likeness (QED) is 0.896. The second kappa shape index (κ2) is 5.25. The minimum absolute atomic E-state index is 0.0799. The lowest BCUT2D eigenvalue weighted by Gasteiger charge is -2.15. The highest BCUT2D eigenvalue weighted by Gasteiger charge is 2.23. The Hall–Kier alpha value is -0.770.